The van der Waals surface area contributed by atoms with Gasteiger partial charge in [-0.1, -0.05) is 12.1 Å². The monoisotopic (exact) mass is 327 g/mol. The number of likely N-dealkylation sites (tertiary alicyclic amines) is 1. The molecule has 3 rings (SSSR count). The molecule has 126 valence electrons. The molecule has 0 saturated carbocycles. The van der Waals surface area contributed by atoms with Crippen LogP contribution in [0.2, 0.25) is 0 Å². The zero-order valence-corrected chi connectivity index (χ0v) is 13.7. The van der Waals surface area contributed by atoms with E-state index in [1.807, 2.05) is 37.4 Å². The molecule has 6 nitrogen and oxygen atoms in total. The lowest BCUT2D eigenvalue weighted by Crippen LogP contribution is -2.23. The Hall–Kier alpha value is -2.47. The van der Waals surface area contributed by atoms with Crippen LogP contribution in [0.5, 0.6) is 5.75 Å². The van der Waals surface area contributed by atoms with Crippen molar-refractivity contribution in [3.63, 3.8) is 0 Å². The number of aromatic nitrogens is 2. The molecule has 1 aliphatic rings. The lowest BCUT2D eigenvalue weighted by atomic mass is 10.1. The molecule has 1 N–H and O–H groups in total. The van der Waals surface area contributed by atoms with Crippen molar-refractivity contribution in [3.8, 4) is 5.75 Å². The van der Waals surface area contributed by atoms with Crippen molar-refractivity contribution in [2.75, 3.05) is 13.2 Å². The minimum absolute atomic E-state index is 0.306. The van der Waals surface area contributed by atoms with Gasteiger partial charge in [-0.05, 0) is 44.0 Å². The van der Waals surface area contributed by atoms with Crippen LogP contribution in [-0.2, 0) is 11.3 Å². The highest BCUT2D eigenvalue weighted by atomic mass is 16.5. The highest BCUT2D eigenvalue weighted by Gasteiger charge is 2.27. The van der Waals surface area contributed by atoms with Gasteiger partial charge < -0.3 is 9.84 Å². The van der Waals surface area contributed by atoms with Crippen molar-refractivity contribution in [2.24, 2.45) is 0 Å². The second-order valence-corrected chi connectivity index (χ2v) is 6.04. The van der Waals surface area contributed by atoms with Gasteiger partial charge in [-0.3, -0.25) is 14.9 Å². The van der Waals surface area contributed by atoms with E-state index in [-0.39, 0.29) is 6.61 Å². The van der Waals surface area contributed by atoms with Crippen molar-refractivity contribution in [2.45, 2.75) is 32.4 Å². The molecule has 6 heteroatoms. The van der Waals surface area contributed by atoms with Crippen molar-refractivity contribution >= 4 is 5.97 Å². The number of nitrogens with zero attached hydrogens (tertiary/aromatic N) is 3. The third-order valence-electron chi connectivity index (χ3n) is 4.15. The van der Waals surface area contributed by atoms with Gasteiger partial charge in [-0.15, -0.1) is 0 Å². The van der Waals surface area contributed by atoms with Crippen LogP contribution in [0.1, 0.15) is 35.8 Å². The maximum atomic E-state index is 10.5. The Kier molecular flexibility index (Phi) is 5.05. The van der Waals surface area contributed by atoms with Crippen LogP contribution in [0, 0.1) is 6.92 Å². The summed E-state index contributed by atoms with van der Waals surface area (Å²) in [6.07, 6.45) is 5.88. The first kappa shape index (κ1) is 16.4. The molecule has 0 amide bonds. The van der Waals surface area contributed by atoms with Gasteiger partial charge in [0.25, 0.3) is 0 Å². The number of carboxylic acid groups (broad SMARTS) is 1. The predicted molar refractivity (Wildman–Crippen MR) is 88.7 cm³/mol. The maximum Gasteiger partial charge on any atom is 0.341 e. The highest BCUT2D eigenvalue weighted by Crippen LogP contribution is 2.32. The van der Waals surface area contributed by atoms with Gasteiger partial charge >= 0.3 is 5.97 Å². The van der Waals surface area contributed by atoms with E-state index in [0.29, 0.717) is 11.8 Å². The first-order valence-corrected chi connectivity index (χ1v) is 8.08. The molecule has 24 heavy (non-hydrogen) atoms. The normalized spacial score (nSPS) is 17.8. The molecule has 1 unspecified atom stereocenters. The quantitative estimate of drug-likeness (QED) is 0.879. The molecule has 0 radical (unpaired) electrons. The Labute approximate surface area is 141 Å². The number of rotatable bonds is 6. The van der Waals surface area contributed by atoms with E-state index >= 15 is 0 Å². The van der Waals surface area contributed by atoms with Gasteiger partial charge in [-0.25, -0.2) is 4.79 Å². The number of hydrogen-bond acceptors (Lipinski definition) is 5. The van der Waals surface area contributed by atoms with Gasteiger partial charge in [0.05, 0.1) is 17.4 Å². The van der Waals surface area contributed by atoms with E-state index < -0.39 is 5.97 Å². The summed E-state index contributed by atoms with van der Waals surface area (Å²) in [5, 5.41) is 8.63. The Morgan fingerprint density at radius 2 is 2.12 bits per heavy atom. The van der Waals surface area contributed by atoms with E-state index in [9.17, 15) is 4.79 Å². The fraction of sp³-hybridized carbons (Fsp3) is 0.389. The number of aliphatic carboxylic acids is 1. The van der Waals surface area contributed by atoms with Gasteiger partial charge in [-0.2, -0.15) is 0 Å². The first-order chi connectivity index (χ1) is 11.6. The molecule has 0 aliphatic carbocycles. The molecule has 1 aromatic carbocycles. The summed E-state index contributed by atoms with van der Waals surface area (Å²) < 4.78 is 5.16. The molecule has 0 bridgehead atoms. The van der Waals surface area contributed by atoms with Crippen LogP contribution in [-0.4, -0.2) is 39.1 Å². The highest BCUT2D eigenvalue weighted by molar-refractivity contribution is 5.68. The molecular formula is C18H21N3O3. The Morgan fingerprint density at radius 1 is 1.33 bits per heavy atom. The average Bonchev–Trinajstić information content (AvgIpc) is 3.02. The van der Waals surface area contributed by atoms with Crippen LogP contribution >= 0.6 is 0 Å². The zero-order valence-electron chi connectivity index (χ0n) is 13.7. The van der Waals surface area contributed by atoms with Crippen LogP contribution < -0.4 is 4.74 Å². The molecular weight excluding hydrogens is 306 g/mol. The van der Waals surface area contributed by atoms with Crippen LogP contribution in [0.3, 0.4) is 0 Å². The van der Waals surface area contributed by atoms with Crippen LogP contribution in [0.25, 0.3) is 0 Å². The Morgan fingerprint density at radius 3 is 2.83 bits per heavy atom. The largest absolute Gasteiger partial charge is 0.482 e. The first-order valence-electron chi connectivity index (χ1n) is 8.08. The standard InChI is InChI=1S/C18H21N3O3/c1-13-9-19-10-16(20-13)17-3-2-8-21(17)11-14-4-6-15(7-5-14)24-12-18(22)23/h4-7,9-10,17H,2-3,8,11-12H2,1H3,(H,22,23). The number of aryl methyl sites for hydroxylation is 1. The number of carboxylic acids is 1. The average molecular weight is 327 g/mol. The SMILES string of the molecule is Cc1cncc(C2CCCN2Cc2ccc(OCC(=O)O)cc2)n1. The van der Waals surface area contributed by atoms with E-state index in [0.717, 1.165) is 37.3 Å². The summed E-state index contributed by atoms with van der Waals surface area (Å²) in [7, 11) is 0. The van der Waals surface area contributed by atoms with Crippen molar-refractivity contribution in [1.82, 2.24) is 14.9 Å². The van der Waals surface area contributed by atoms with E-state index in [1.165, 1.54) is 5.56 Å². The third kappa shape index (κ3) is 4.08. The Balaban J connectivity index is 1.65. The molecule has 2 heterocycles. The third-order valence-corrected chi connectivity index (χ3v) is 4.15. The predicted octanol–water partition coefficient (Wildman–Crippen LogP) is 2.59. The molecule has 1 saturated heterocycles. The summed E-state index contributed by atoms with van der Waals surface area (Å²) in [5.74, 6) is -0.401. The lowest BCUT2D eigenvalue weighted by Gasteiger charge is -2.24. The van der Waals surface area contributed by atoms with Gasteiger partial charge in [0.2, 0.25) is 0 Å². The maximum absolute atomic E-state index is 10.5. The second kappa shape index (κ2) is 7.40. The van der Waals surface area contributed by atoms with E-state index in [2.05, 4.69) is 14.9 Å². The fourth-order valence-electron chi connectivity index (χ4n) is 3.06. The summed E-state index contributed by atoms with van der Waals surface area (Å²) in [6, 6.07) is 7.90. The van der Waals surface area contributed by atoms with Gasteiger partial charge in [0.1, 0.15) is 5.75 Å². The molecule has 1 aromatic heterocycles. The molecule has 1 atom stereocenters. The molecule has 0 spiro atoms. The smallest absolute Gasteiger partial charge is 0.341 e. The topological polar surface area (TPSA) is 75.6 Å². The fourth-order valence-corrected chi connectivity index (χ4v) is 3.06. The van der Waals surface area contributed by atoms with E-state index in [4.69, 9.17) is 9.84 Å². The summed E-state index contributed by atoms with van der Waals surface area (Å²) in [4.78, 5) is 21.8. The van der Waals surface area contributed by atoms with E-state index in [1.54, 1.807) is 6.20 Å². The van der Waals surface area contributed by atoms with Crippen LogP contribution in [0.4, 0.5) is 0 Å². The summed E-state index contributed by atoms with van der Waals surface area (Å²) in [5.41, 5.74) is 3.15. The van der Waals surface area contributed by atoms with Gasteiger partial charge in [0.15, 0.2) is 6.61 Å². The number of carbonyl (C=O) groups is 1. The van der Waals surface area contributed by atoms with Crippen molar-refractivity contribution in [1.29, 1.82) is 0 Å². The molecule has 2 aromatic rings. The van der Waals surface area contributed by atoms with Crippen molar-refractivity contribution < 1.29 is 14.6 Å². The zero-order chi connectivity index (χ0) is 16.9. The van der Waals surface area contributed by atoms with Crippen molar-refractivity contribution in [3.05, 3.63) is 53.6 Å². The number of benzene rings is 1. The number of ether oxygens (including phenoxy) is 1. The minimum Gasteiger partial charge on any atom is -0.482 e. The number of hydrogen-bond donors (Lipinski definition) is 1. The Bertz CT molecular complexity index is 703. The minimum atomic E-state index is -0.974. The molecule has 1 aliphatic heterocycles. The lowest BCUT2D eigenvalue weighted by molar-refractivity contribution is -0.139. The van der Waals surface area contributed by atoms with Gasteiger partial charge in [0, 0.05) is 18.9 Å². The summed E-state index contributed by atoms with van der Waals surface area (Å²) >= 11 is 0. The molecule has 1 fully saturated rings. The van der Waals surface area contributed by atoms with Crippen LogP contribution in [0.15, 0.2) is 36.7 Å². The summed E-state index contributed by atoms with van der Waals surface area (Å²) in [6.45, 7) is 3.52. The second-order valence-electron chi connectivity index (χ2n) is 6.04.